The second kappa shape index (κ2) is 7.50. The molecule has 0 amide bonds. The van der Waals surface area contributed by atoms with Gasteiger partial charge in [-0.3, -0.25) is 0 Å². The Balaban J connectivity index is 2.16. The Morgan fingerprint density at radius 2 is 1.60 bits per heavy atom. The molecule has 0 saturated heterocycles. The van der Waals surface area contributed by atoms with Crippen LogP contribution in [0.2, 0.25) is 0 Å². The van der Waals surface area contributed by atoms with Crippen molar-refractivity contribution in [3.05, 3.63) is 35.9 Å². The third-order valence-corrected chi connectivity index (χ3v) is 3.11. The zero-order valence-corrected chi connectivity index (χ0v) is 10.2. The molecule has 84 valence electrons. The minimum atomic E-state index is 0.729. The highest BCUT2D eigenvalue weighted by Crippen LogP contribution is 2.21. The van der Waals surface area contributed by atoms with E-state index in [0.717, 1.165) is 5.92 Å². The summed E-state index contributed by atoms with van der Waals surface area (Å²) in [5.74, 6) is 0.729. The molecule has 1 rings (SSSR count). The van der Waals surface area contributed by atoms with E-state index < -0.39 is 0 Å². The Hall–Kier alpha value is -0.780. The van der Waals surface area contributed by atoms with E-state index in [2.05, 4.69) is 44.2 Å². The van der Waals surface area contributed by atoms with Gasteiger partial charge in [0.2, 0.25) is 0 Å². The summed E-state index contributed by atoms with van der Waals surface area (Å²) < 4.78 is 0. The van der Waals surface area contributed by atoms with Gasteiger partial charge in [0.25, 0.3) is 0 Å². The van der Waals surface area contributed by atoms with Crippen molar-refractivity contribution in [2.24, 2.45) is 0 Å². The lowest BCUT2D eigenvalue weighted by atomic mass is 9.95. The zero-order valence-electron chi connectivity index (χ0n) is 10.2. The van der Waals surface area contributed by atoms with Crippen LogP contribution in [0, 0.1) is 0 Å². The van der Waals surface area contributed by atoms with Gasteiger partial charge in [0, 0.05) is 0 Å². The van der Waals surface area contributed by atoms with Crippen LogP contribution in [0.5, 0.6) is 0 Å². The molecule has 0 heterocycles. The first-order valence-electron chi connectivity index (χ1n) is 6.39. The summed E-state index contributed by atoms with van der Waals surface area (Å²) in [5, 5.41) is 0. The van der Waals surface area contributed by atoms with Crippen molar-refractivity contribution in [3.63, 3.8) is 0 Å². The van der Waals surface area contributed by atoms with E-state index in [1.807, 2.05) is 0 Å². The monoisotopic (exact) mass is 204 g/mol. The SMILES string of the molecule is CCCCCCCC(C)c1ccccc1. The number of unbranched alkanes of at least 4 members (excludes halogenated alkanes) is 4. The van der Waals surface area contributed by atoms with Gasteiger partial charge in [0.1, 0.15) is 0 Å². The maximum absolute atomic E-state index is 2.34. The predicted molar refractivity (Wildman–Crippen MR) is 68.2 cm³/mol. The average molecular weight is 204 g/mol. The van der Waals surface area contributed by atoms with Crippen LogP contribution in [0.3, 0.4) is 0 Å². The van der Waals surface area contributed by atoms with Crippen molar-refractivity contribution in [1.82, 2.24) is 0 Å². The van der Waals surface area contributed by atoms with Crippen molar-refractivity contribution in [1.29, 1.82) is 0 Å². The van der Waals surface area contributed by atoms with E-state index in [-0.39, 0.29) is 0 Å². The van der Waals surface area contributed by atoms with E-state index in [1.165, 1.54) is 44.1 Å². The molecule has 0 bridgehead atoms. The van der Waals surface area contributed by atoms with Gasteiger partial charge in [-0.05, 0) is 17.9 Å². The van der Waals surface area contributed by atoms with Gasteiger partial charge in [-0.25, -0.2) is 0 Å². The van der Waals surface area contributed by atoms with E-state index in [1.54, 1.807) is 0 Å². The van der Waals surface area contributed by atoms with Crippen LogP contribution in [-0.4, -0.2) is 0 Å². The Bertz CT molecular complexity index is 237. The molecule has 1 atom stereocenters. The van der Waals surface area contributed by atoms with E-state index in [4.69, 9.17) is 0 Å². The molecule has 0 spiro atoms. The van der Waals surface area contributed by atoms with Crippen LogP contribution in [0.1, 0.15) is 63.9 Å². The summed E-state index contributed by atoms with van der Waals surface area (Å²) in [4.78, 5) is 0. The maximum Gasteiger partial charge on any atom is -0.0190 e. The van der Waals surface area contributed by atoms with Gasteiger partial charge < -0.3 is 0 Å². The molecule has 0 nitrogen and oxygen atoms in total. The summed E-state index contributed by atoms with van der Waals surface area (Å²) in [6.45, 7) is 4.61. The number of hydrogen-bond donors (Lipinski definition) is 0. The largest absolute Gasteiger partial charge is 0.0654 e. The van der Waals surface area contributed by atoms with Crippen molar-refractivity contribution in [2.45, 2.75) is 58.3 Å². The minimum absolute atomic E-state index is 0.729. The van der Waals surface area contributed by atoms with Crippen molar-refractivity contribution < 1.29 is 0 Å². The smallest absolute Gasteiger partial charge is 0.0190 e. The molecule has 0 saturated carbocycles. The van der Waals surface area contributed by atoms with Gasteiger partial charge in [0.15, 0.2) is 0 Å². The lowest BCUT2D eigenvalue weighted by Crippen LogP contribution is -1.93. The second-order valence-electron chi connectivity index (χ2n) is 4.51. The van der Waals surface area contributed by atoms with Crippen LogP contribution < -0.4 is 0 Å². The van der Waals surface area contributed by atoms with E-state index >= 15 is 0 Å². The third kappa shape index (κ3) is 5.01. The maximum atomic E-state index is 2.34. The topological polar surface area (TPSA) is 0 Å². The quantitative estimate of drug-likeness (QED) is 0.539. The van der Waals surface area contributed by atoms with E-state index in [0.29, 0.717) is 0 Å². The summed E-state index contributed by atoms with van der Waals surface area (Å²) >= 11 is 0. The molecule has 0 radical (unpaired) electrons. The molecule has 0 N–H and O–H groups in total. The fourth-order valence-electron chi connectivity index (χ4n) is 2.00. The molecule has 15 heavy (non-hydrogen) atoms. The van der Waals surface area contributed by atoms with Crippen molar-refractivity contribution in [2.75, 3.05) is 0 Å². The Kier molecular flexibility index (Phi) is 6.15. The molecule has 1 unspecified atom stereocenters. The molecule has 0 fully saturated rings. The van der Waals surface area contributed by atoms with Gasteiger partial charge in [0.05, 0.1) is 0 Å². The van der Waals surface area contributed by atoms with Crippen molar-refractivity contribution in [3.8, 4) is 0 Å². The first kappa shape index (κ1) is 12.3. The Morgan fingerprint density at radius 3 is 2.27 bits per heavy atom. The fourth-order valence-corrected chi connectivity index (χ4v) is 2.00. The fraction of sp³-hybridized carbons (Fsp3) is 0.600. The molecular formula is C15H24. The number of hydrogen-bond acceptors (Lipinski definition) is 0. The normalized spacial score (nSPS) is 12.7. The Labute approximate surface area is 94.7 Å². The molecule has 1 aromatic rings. The minimum Gasteiger partial charge on any atom is -0.0654 e. The lowest BCUT2D eigenvalue weighted by Gasteiger charge is -2.11. The number of benzene rings is 1. The van der Waals surface area contributed by atoms with Crippen LogP contribution in [0.15, 0.2) is 30.3 Å². The standard InChI is InChI=1S/C15H24/c1-3-4-5-6-8-11-14(2)15-12-9-7-10-13-15/h7,9-10,12-14H,3-6,8,11H2,1-2H3. The third-order valence-electron chi connectivity index (χ3n) is 3.11. The van der Waals surface area contributed by atoms with Crippen LogP contribution in [0.25, 0.3) is 0 Å². The first-order valence-corrected chi connectivity index (χ1v) is 6.39. The van der Waals surface area contributed by atoms with Crippen molar-refractivity contribution >= 4 is 0 Å². The second-order valence-corrected chi connectivity index (χ2v) is 4.51. The van der Waals surface area contributed by atoms with Crippen LogP contribution in [-0.2, 0) is 0 Å². The first-order chi connectivity index (χ1) is 7.34. The average Bonchev–Trinajstić information content (AvgIpc) is 2.30. The van der Waals surface area contributed by atoms with Gasteiger partial charge >= 0.3 is 0 Å². The predicted octanol–water partition coefficient (Wildman–Crippen LogP) is 5.15. The highest BCUT2D eigenvalue weighted by Gasteiger charge is 2.03. The zero-order chi connectivity index (χ0) is 10.9. The van der Waals surface area contributed by atoms with E-state index in [9.17, 15) is 0 Å². The summed E-state index contributed by atoms with van der Waals surface area (Å²) in [7, 11) is 0. The molecule has 0 heteroatoms. The van der Waals surface area contributed by atoms with Gasteiger partial charge in [-0.1, -0.05) is 76.3 Å². The van der Waals surface area contributed by atoms with Gasteiger partial charge in [-0.2, -0.15) is 0 Å². The highest BCUT2D eigenvalue weighted by atomic mass is 14.1. The Morgan fingerprint density at radius 1 is 0.933 bits per heavy atom. The summed E-state index contributed by atoms with van der Waals surface area (Å²) in [6.07, 6.45) is 8.29. The molecular weight excluding hydrogens is 180 g/mol. The summed E-state index contributed by atoms with van der Waals surface area (Å²) in [5.41, 5.74) is 1.49. The number of rotatable bonds is 7. The summed E-state index contributed by atoms with van der Waals surface area (Å²) in [6, 6.07) is 10.9. The molecule has 0 aromatic heterocycles. The lowest BCUT2D eigenvalue weighted by molar-refractivity contribution is 0.567. The van der Waals surface area contributed by atoms with Gasteiger partial charge in [-0.15, -0.1) is 0 Å². The molecule has 0 aliphatic rings. The molecule has 1 aromatic carbocycles. The molecule has 0 aliphatic heterocycles. The highest BCUT2D eigenvalue weighted by molar-refractivity contribution is 5.18. The van der Waals surface area contributed by atoms with Crippen LogP contribution >= 0.6 is 0 Å². The van der Waals surface area contributed by atoms with Crippen LogP contribution in [0.4, 0.5) is 0 Å². The molecule has 0 aliphatic carbocycles.